The number of aliphatic carboxylic acids is 1. The second-order valence-electron chi connectivity index (χ2n) is 5.20. The van der Waals surface area contributed by atoms with Gasteiger partial charge in [0.05, 0.1) is 0 Å². The average Bonchev–Trinajstić information content (AvgIpc) is 3.21. The summed E-state index contributed by atoms with van der Waals surface area (Å²) in [6.07, 6.45) is 3.06. The predicted molar refractivity (Wildman–Crippen MR) is 72.0 cm³/mol. The lowest BCUT2D eigenvalue weighted by atomic mass is 10.0. The van der Waals surface area contributed by atoms with Crippen molar-refractivity contribution in [3.05, 3.63) is 35.1 Å². The Balaban J connectivity index is 2.13. The summed E-state index contributed by atoms with van der Waals surface area (Å²) in [5, 5.41) is 11.6. The first-order valence-electron chi connectivity index (χ1n) is 6.83. The van der Waals surface area contributed by atoms with Crippen LogP contribution in [0.25, 0.3) is 0 Å². The zero-order chi connectivity index (χ0) is 14.7. The van der Waals surface area contributed by atoms with Crippen molar-refractivity contribution in [1.82, 2.24) is 5.32 Å². The Kier molecular flexibility index (Phi) is 4.37. The standard InChI is InChI=1S/C15H18FNO3/c1-2-10-5-6-11(16)8-12(10)14(18)17-13(15(19)20)7-9-3-4-9/h5-6,8-9,13H,2-4,7H2,1H3,(H,17,18)(H,19,20)/t13-/m0/s1. The van der Waals surface area contributed by atoms with Gasteiger partial charge in [-0.15, -0.1) is 0 Å². The first kappa shape index (κ1) is 14.5. The number of nitrogens with one attached hydrogen (secondary N) is 1. The van der Waals surface area contributed by atoms with E-state index in [4.69, 9.17) is 5.11 Å². The highest BCUT2D eigenvalue weighted by Crippen LogP contribution is 2.33. The molecular formula is C15H18FNO3. The molecule has 1 saturated carbocycles. The molecule has 0 spiro atoms. The van der Waals surface area contributed by atoms with Crippen LogP contribution in [0.2, 0.25) is 0 Å². The van der Waals surface area contributed by atoms with Crippen molar-refractivity contribution in [3.63, 3.8) is 0 Å². The molecule has 0 heterocycles. The highest BCUT2D eigenvalue weighted by Gasteiger charge is 2.30. The van der Waals surface area contributed by atoms with Crippen LogP contribution in [-0.2, 0) is 11.2 Å². The van der Waals surface area contributed by atoms with E-state index in [0.717, 1.165) is 18.9 Å². The zero-order valence-corrected chi connectivity index (χ0v) is 11.4. The summed E-state index contributed by atoms with van der Waals surface area (Å²) in [4.78, 5) is 23.3. The van der Waals surface area contributed by atoms with Crippen molar-refractivity contribution in [1.29, 1.82) is 0 Å². The molecular weight excluding hydrogens is 261 g/mol. The third-order valence-electron chi connectivity index (χ3n) is 3.57. The van der Waals surface area contributed by atoms with Gasteiger partial charge in [-0.25, -0.2) is 9.18 Å². The Bertz CT molecular complexity index is 526. The van der Waals surface area contributed by atoms with Gasteiger partial charge in [0.15, 0.2) is 0 Å². The Hall–Kier alpha value is -1.91. The highest BCUT2D eigenvalue weighted by atomic mass is 19.1. The van der Waals surface area contributed by atoms with Crippen molar-refractivity contribution < 1.29 is 19.1 Å². The van der Waals surface area contributed by atoms with Crippen LogP contribution in [-0.4, -0.2) is 23.0 Å². The summed E-state index contributed by atoms with van der Waals surface area (Å²) in [5.74, 6) is -1.68. The minimum atomic E-state index is -1.04. The van der Waals surface area contributed by atoms with Gasteiger partial charge in [-0.3, -0.25) is 4.79 Å². The number of carbonyl (C=O) groups excluding carboxylic acids is 1. The normalized spacial score (nSPS) is 15.7. The maximum Gasteiger partial charge on any atom is 0.326 e. The van der Waals surface area contributed by atoms with Crippen LogP contribution >= 0.6 is 0 Å². The molecule has 1 aromatic rings. The Morgan fingerprint density at radius 3 is 2.70 bits per heavy atom. The molecule has 0 aliphatic heterocycles. The number of hydrogen-bond donors (Lipinski definition) is 2. The number of carboxylic acids is 1. The fourth-order valence-electron chi connectivity index (χ4n) is 2.21. The van der Waals surface area contributed by atoms with E-state index >= 15 is 0 Å². The number of carboxylic acid groups (broad SMARTS) is 1. The van der Waals surface area contributed by atoms with Crippen molar-refractivity contribution in [2.45, 2.75) is 38.6 Å². The van der Waals surface area contributed by atoms with Gasteiger partial charge in [-0.1, -0.05) is 25.8 Å². The van der Waals surface area contributed by atoms with Gasteiger partial charge in [-0.2, -0.15) is 0 Å². The summed E-state index contributed by atoms with van der Waals surface area (Å²) in [5.41, 5.74) is 0.925. The molecule has 1 fully saturated rings. The molecule has 2 N–H and O–H groups in total. The number of carbonyl (C=O) groups is 2. The molecule has 0 unspecified atom stereocenters. The van der Waals surface area contributed by atoms with Gasteiger partial charge in [0.2, 0.25) is 0 Å². The Labute approximate surface area is 117 Å². The van der Waals surface area contributed by atoms with Crippen LogP contribution in [0.15, 0.2) is 18.2 Å². The topological polar surface area (TPSA) is 66.4 Å². The summed E-state index contributed by atoms with van der Waals surface area (Å²) < 4.78 is 13.3. The summed E-state index contributed by atoms with van der Waals surface area (Å²) in [7, 11) is 0. The molecule has 2 rings (SSSR count). The van der Waals surface area contributed by atoms with E-state index in [2.05, 4.69) is 5.32 Å². The number of aryl methyl sites for hydroxylation is 1. The number of hydrogen-bond acceptors (Lipinski definition) is 2. The largest absolute Gasteiger partial charge is 0.480 e. The second kappa shape index (κ2) is 6.03. The van der Waals surface area contributed by atoms with Gasteiger partial charge in [0.1, 0.15) is 11.9 Å². The van der Waals surface area contributed by atoms with E-state index in [1.165, 1.54) is 6.07 Å². The second-order valence-corrected chi connectivity index (χ2v) is 5.20. The summed E-state index contributed by atoms with van der Waals surface area (Å²) >= 11 is 0. The molecule has 108 valence electrons. The molecule has 1 aliphatic carbocycles. The minimum Gasteiger partial charge on any atom is -0.480 e. The van der Waals surface area contributed by atoms with E-state index in [9.17, 15) is 14.0 Å². The van der Waals surface area contributed by atoms with E-state index < -0.39 is 23.7 Å². The Morgan fingerprint density at radius 2 is 2.15 bits per heavy atom. The number of halogens is 1. The minimum absolute atomic E-state index is 0.217. The van der Waals surface area contributed by atoms with Crippen molar-refractivity contribution in [2.24, 2.45) is 5.92 Å². The van der Waals surface area contributed by atoms with Gasteiger partial charge < -0.3 is 10.4 Å². The first-order chi connectivity index (χ1) is 9.51. The molecule has 0 radical (unpaired) electrons. The monoisotopic (exact) mass is 279 g/mol. The quantitative estimate of drug-likeness (QED) is 0.840. The number of amides is 1. The lowest BCUT2D eigenvalue weighted by Crippen LogP contribution is -2.41. The van der Waals surface area contributed by atoms with Gasteiger partial charge >= 0.3 is 5.97 Å². The molecule has 0 bridgehead atoms. The van der Waals surface area contributed by atoms with Gasteiger partial charge in [0.25, 0.3) is 5.91 Å². The number of benzene rings is 1. The van der Waals surface area contributed by atoms with E-state index in [1.54, 1.807) is 6.07 Å². The fourth-order valence-corrected chi connectivity index (χ4v) is 2.21. The van der Waals surface area contributed by atoms with Crippen molar-refractivity contribution in [3.8, 4) is 0 Å². The van der Waals surface area contributed by atoms with E-state index in [-0.39, 0.29) is 5.56 Å². The predicted octanol–water partition coefficient (Wildman–Crippen LogP) is 2.37. The Morgan fingerprint density at radius 1 is 1.45 bits per heavy atom. The summed E-state index contributed by atoms with van der Waals surface area (Å²) in [6, 6.07) is 3.11. The van der Waals surface area contributed by atoms with E-state index in [0.29, 0.717) is 24.3 Å². The molecule has 1 atom stereocenters. The van der Waals surface area contributed by atoms with Gasteiger partial charge in [-0.05, 0) is 36.5 Å². The third-order valence-corrected chi connectivity index (χ3v) is 3.57. The van der Waals surface area contributed by atoms with Crippen LogP contribution in [0.3, 0.4) is 0 Å². The van der Waals surface area contributed by atoms with E-state index in [1.807, 2.05) is 6.92 Å². The molecule has 20 heavy (non-hydrogen) atoms. The fraction of sp³-hybridized carbons (Fsp3) is 0.467. The SMILES string of the molecule is CCc1ccc(F)cc1C(=O)N[C@@H](CC1CC1)C(=O)O. The number of rotatable bonds is 6. The molecule has 1 amide bonds. The van der Waals surface area contributed by atoms with Crippen LogP contribution < -0.4 is 5.32 Å². The lowest BCUT2D eigenvalue weighted by Gasteiger charge is -2.15. The van der Waals surface area contributed by atoms with Crippen molar-refractivity contribution in [2.75, 3.05) is 0 Å². The van der Waals surface area contributed by atoms with Crippen LogP contribution in [0, 0.1) is 11.7 Å². The van der Waals surface area contributed by atoms with Gasteiger partial charge in [0, 0.05) is 5.56 Å². The van der Waals surface area contributed by atoms with Crippen LogP contribution in [0.4, 0.5) is 4.39 Å². The molecule has 0 saturated heterocycles. The van der Waals surface area contributed by atoms with Crippen LogP contribution in [0.1, 0.15) is 42.1 Å². The third kappa shape index (κ3) is 3.56. The zero-order valence-electron chi connectivity index (χ0n) is 11.4. The van der Waals surface area contributed by atoms with Crippen LogP contribution in [0.5, 0.6) is 0 Å². The maximum absolute atomic E-state index is 13.3. The molecule has 1 aliphatic rings. The average molecular weight is 279 g/mol. The first-order valence-corrected chi connectivity index (χ1v) is 6.83. The highest BCUT2D eigenvalue weighted by molar-refractivity contribution is 5.97. The summed E-state index contributed by atoms with van der Waals surface area (Å²) in [6.45, 7) is 1.86. The molecule has 4 nitrogen and oxygen atoms in total. The van der Waals surface area contributed by atoms with Crippen molar-refractivity contribution >= 4 is 11.9 Å². The lowest BCUT2D eigenvalue weighted by molar-refractivity contribution is -0.139. The smallest absolute Gasteiger partial charge is 0.326 e. The molecule has 1 aromatic carbocycles. The molecule has 5 heteroatoms. The molecule has 0 aromatic heterocycles. The maximum atomic E-state index is 13.3.